The summed E-state index contributed by atoms with van der Waals surface area (Å²) in [6.07, 6.45) is 0. The number of aromatic nitrogens is 2. The molecule has 0 radical (unpaired) electrons. The van der Waals surface area contributed by atoms with Crippen LogP contribution in [0, 0.1) is 6.92 Å². The summed E-state index contributed by atoms with van der Waals surface area (Å²) in [5.41, 5.74) is 2.31. The van der Waals surface area contributed by atoms with Crippen LogP contribution in [0.25, 0.3) is 0 Å². The molecule has 1 N–H and O–H groups in total. The van der Waals surface area contributed by atoms with Crippen molar-refractivity contribution in [1.82, 2.24) is 9.78 Å². The number of hydrogen-bond acceptors (Lipinski definition) is 4. The van der Waals surface area contributed by atoms with E-state index in [4.69, 9.17) is 21.1 Å². The van der Waals surface area contributed by atoms with Gasteiger partial charge in [-0.3, -0.25) is 4.68 Å². The highest BCUT2D eigenvalue weighted by Gasteiger charge is 2.14. The maximum absolute atomic E-state index is 9.37. The largest absolute Gasteiger partial charge is 0.497 e. The maximum Gasteiger partial charge on any atom is 0.131 e. The first kappa shape index (κ1) is 15.7. The molecule has 1 heterocycles. The number of ether oxygens (including phenoxy) is 2. The molecule has 0 fully saturated rings. The van der Waals surface area contributed by atoms with E-state index in [1.54, 1.807) is 25.3 Å². The Labute approximate surface area is 129 Å². The Morgan fingerprint density at radius 1 is 1.38 bits per heavy atom. The Hall–Kier alpha value is -1.72. The molecule has 6 heteroatoms. The van der Waals surface area contributed by atoms with Gasteiger partial charge in [-0.1, -0.05) is 11.6 Å². The number of hydrogen-bond donors (Lipinski definition) is 1. The molecule has 0 saturated heterocycles. The molecule has 2 aromatic rings. The van der Waals surface area contributed by atoms with Crippen LogP contribution in [0.3, 0.4) is 0 Å². The number of aryl methyl sites for hydroxylation is 2. The van der Waals surface area contributed by atoms with Crippen LogP contribution >= 0.6 is 11.6 Å². The van der Waals surface area contributed by atoms with Gasteiger partial charge in [-0.05, 0) is 26.0 Å². The summed E-state index contributed by atoms with van der Waals surface area (Å²) in [5.74, 6) is 1.25. The van der Waals surface area contributed by atoms with Gasteiger partial charge in [0, 0.05) is 18.2 Å². The van der Waals surface area contributed by atoms with E-state index in [-0.39, 0.29) is 13.2 Å². The highest BCUT2D eigenvalue weighted by atomic mass is 35.5. The van der Waals surface area contributed by atoms with E-state index < -0.39 is 0 Å². The third-order valence-corrected chi connectivity index (χ3v) is 3.75. The molecule has 0 atom stereocenters. The highest BCUT2D eigenvalue weighted by molar-refractivity contribution is 6.31. The first-order valence-corrected chi connectivity index (χ1v) is 7.10. The quantitative estimate of drug-likeness (QED) is 0.891. The lowest BCUT2D eigenvalue weighted by atomic mass is 10.2. The predicted molar refractivity (Wildman–Crippen MR) is 80.9 cm³/mol. The molecule has 0 saturated carbocycles. The van der Waals surface area contributed by atoms with Crippen molar-refractivity contribution in [1.29, 1.82) is 0 Å². The smallest absolute Gasteiger partial charge is 0.131 e. The maximum atomic E-state index is 9.37. The fourth-order valence-corrected chi connectivity index (χ4v) is 2.27. The van der Waals surface area contributed by atoms with Crippen LogP contribution < -0.4 is 9.47 Å². The number of aliphatic hydroxyl groups excluding tert-OH is 1. The van der Waals surface area contributed by atoms with Gasteiger partial charge in [0.1, 0.15) is 18.1 Å². The molecule has 0 aliphatic carbocycles. The second-order valence-electron chi connectivity index (χ2n) is 4.58. The zero-order valence-electron chi connectivity index (χ0n) is 12.4. The van der Waals surface area contributed by atoms with Gasteiger partial charge >= 0.3 is 0 Å². The molecule has 5 nitrogen and oxygen atoms in total. The zero-order chi connectivity index (χ0) is 15.4. The molecule has 0 aliphatic heterocycles. The normalized spacial score (nSPS) is 10.7. The minimum Gasteiger partial charge on any atom is -0.497 e. The predicted octanol–water partition coefficient (Wildman–Crippen LogP) is 2.94. The lowest BCUT2D eigenvalue weighted by Gasteiger charge is -2.12. The van der Waals surface area contributed by atoms with Gasteiger partial charge in [0.2, 0.25) is 0 Å². The lowest BCUT2D eigenvalue weighted by Crippen LogP contribution is -2.07. The molecule has 1 aromatic carbocycles. The van der Waals surface area contributed by atoms with Gasteiger partial charge in [-0.2, -0.15) is 5.10 Å². The third kappa shape index (κ3) is 3.31. The van der Waals surface area contributed by atoms with Crippen LogP contribution in [-0.2, 0) is 19.8 Å². The first-order chi connectivity index (χ1) is 10.1. The summed E-state index contributed by atoms with van der Waals surface area (Å²) in [6.45, 7) is 4.77. The Morgan fingerprint density at radius 3 is 2.76 bits per heavy atom. The van der Waals surface area contributed by atoms with Gasteiger partial charge < -0.3 is 14.6 Å². The van der Waals surface area contributed by atoms with E-state index in [0.717, 1.165) is 17.9 Å². The van der Waals surface area contributed by atoms with E-state index in [9.17, 15) is 5.11 Å². The standard InChI is InChI=1S/C15H19ClN2O3/c1-4-18-13(15(16)10(2)17-18)9-21-14-7-12(20-3)6-5-11(14)8-19/h5-7,19H,4,8-9H2,1-3H3. The van der Waals surface area contributed by atoms with E-state index >= 15 is 0 Å². The van der Waals surface area contributed by atoms with Crippen molar-refractivity contribution in [3.8, 4) is 11.5 Å². The first-order valence-electron chi connectivity index (χ1n) is 6.73. The van der Waals surface area contributed by atoms with Gasteiger partial charge in [-0.15, -0.1) is 0 Å². The number of methoxy groups -OCH3 is 1. The summed E-state index contributed by atoms with van der Waals surface area (Å²) >= 11 is 6.25. The van der Waals surface area contributed by atoms with Gasteiger partial charge in [0.05, 0.1) is 30.1 Å². The number of halogens is 1. The molecule has 114 valence electrons. The van der Waals surface area contributed by atoms with Crippen LogP contribution in [0.15, 0.2) is 18.2 Å². The topological polar surface area (TPSA) is 56.5 Å². The van der Waals surface area contributed by atoms with Crippen molar-refractivity contribution >= 4 is 11.6 Å². The number of benzene rings is 1. The molecule has 21 heavy (non-hydrogen) atoms. The van der Waals surface area contributed by atoms with Crippen molar-refractivity contribution in [3.05, 3.63) is 40.2 Å². The summed E-state index contributed by atoms with van der Waals surface area (Å²) in [6, 6.07) is 5.31. The summed E-state index contributed by atoms with van der Waals surface area (Å²) < 4.78 is 12.8. The van der Waals surface area contributed by atoms with Crippen molar-refractivity contribution < 1.29 is 14.6 Å². The molecule has 2 rings (SSSR count). The molecule has 0 bridgehead atoms. The van der Waals surface area contributed by atoms with Crippen molar-refractivity contribution in [3.63, 3.8) is 0 Å². The van der Waals surface area contributed by atoms with Crippen molar-refractivity contribution in [2.75, 3.05) is 7.11 Å². The molecule has 0 spiro atoms. The van der Waals surface area contributed by atoms with Crippen LogP contribution in [0.2, 0.25) is 5.02 Å². The second kappa shape index (κ2) is 6.83. The lowest BCUT2D eigenvalue weighted by molar-refractivity contribution is 0.253. The number of aliphatic hydroxyl groups is 1. The highest BCUT2D eigenvalue weighted by Crippen LogP contribution is 2.27. The molecule has 0 unspecified atom stereocenters. The van der Waals surface area contributed by atoms with Crippen LogP contribution in [0.5, 0.6) is 11.5 Å². The zero-order valence-corrected chi connectivity index (χ0v) is 13.1. The van der Waals surface area contributed by atoms with Gasteiger partial charge in [0.25, 0.3) is 0 Å². The van der Waals surface area contributed by atoms with Crippen LogP contribution in [-0.4, -0.2) is 22.0 Å². The summed E-state index contributed by atoms with van der Waals surface area (Å²) in [4.78, 5) is 0. The van der Waals surface area contributed by atoms with Crippen LogP contribution in [0.1, 0.15) is 23.9 Å². The molecular formula is C15H19ClN2O3. The second-order valence-corrected chi connectivity index (χ2v) is 4.96. The molecule has 0 amide bonds. The van der Waals surface area contributed by atoms with E-state index in [0.29, 0.717) is 22.1 Å². The fraction of sp³-hybridized carbons (Fsp3) is 0.400. The number of nitrogens with zero attached hydrogens (tertiary/aromatic N) is 2. The Morgan fingerprint density at radius 2 is 2.14 bits per heavy atom. The van der Waals surface area contributed by atoms with E-state index in [1.165, 1.54) is 0 Å². The Balaban J connectivity index is 2.23. The summed E-state index contributed by atoms with van der Waals surface area (Å²) in [5, 5.41) is 14.3. The average Bonchev–Trinajstić information content (AvgIpc) is 2.79. The van der Waals surface area contributed by atoms with E-state index in [1.807, 2.05) is 18.5 Å². The molecular weight excluding hydrogens is 292 g/mol. The monoisotopic (exact) mass is 310 g/mol. The Kier molecular flexibility index (Phi) is 5.09. The van der Waals surface area contributed by atoms with Crippen LogP contribution in [0.4, 0.5) is 0 Å². The van der Waals surface area contributed by atoms with Gasteiger partial charge in [-0.25, -0.2) is 0 Å². The van der Waals surface area contributed by atoms with Crippen molar-refractivity contribution in [2.45, 2.75) is 33.6 Å². The third-order valence-electron chi connectivity index (χ3n) is 3.26. The SMILES string of the molecule is CCn1nc(C)c(Cl)c1COc1cc(OC)ccc1CO. The van der Waals surface area contributed by atoms with Crippen molar-refractivity contribution in [2.24, 2.45) is 0 Å². The van der Waals surface area contributed by atoms with E-state index in [2.05, 4.69) is 5.10 Å². The fourth-order valence-electron chi connectivity index (χ4n) is 2.08. The average molecular weight is 311 g/mol. The molecule has 0 aliphatic rings. The molecule has 1 aromatic heterocycles. The minimum absolute atomic E-state index is 0.0981. The van der Waals surface area contributed by atoms with Gasteiger partial charge in [0.15, 0.2) is 0 Å². The summed E-state index contributed by atoms with van der Waals surface area (Å²) in [7, 11) is 1.59. The number of rotatable bonds is 6. The Bertz CT molecular complexity index is 626. The minimum atomic E-state index is -0.0981.